The third-order valence-corrected chi connectivity index (χ3v) is 5.26. The van der Waals surface area contributed by atoms with E-state index in [0.29, 0.717) is 6.04 Å². The Balaban J connectivity index is 1.46. The zero-order valence-electron chi connectivity index (χ0n) is 10.4. The summed E-state index contributed by atoms with van der Waals surface area (Å²) < 4.78 is 0. The Bertz CT molecular complexity index is 297. The van der Waals surface area contributed by atoms with E-state index in [-0.39, 0.29) is 5.92 Å². The maximum absolute atomic E-state index is 10.9. The van der Waals surface area contributed by atoms with Crippen molar-refractivity contribution in [1.82, 2.24) is 5.32 Å². The second kappa shape index (κ2) is 4.60. The number of carboxylic acid groups (broad SMARTS) is 1. The van der Waals surface area contributed by atoms with Crippen molar-refractivity contribution in [3.63, 3.8) is 0 Å². The quantitative estimate of drug-likeness (QED) is 0.792. The number of carboxylic acids is 1. The van der Waals surface area contributed by atoms with E-state index in [2.05, 4.69) is 5.32 Å². The average molecular weight is 237 g/mol. The van der Waals surface area contributed by atoms with Crippen LogP contribution in [0.5, 0.6) is 0 Å². The van der Waals surface area contributed by atoms with E-state index in [1.54, 1.807) is 0 Å². The zero-order chi connectivity index (χ0) is 11.8. The topological polar surface area (TPSA) is 49.3 Å². The van der Waals surface area contributed by atoms with Crippen LogP contribution in [-0.4, -0.2) is 23.2 Å². The van der Waals surface area contributed by atoms with Gasteiger partial charge in [0.2, 0.25) is 0 Å². The summed E-state index contributed by atoms with van der Waals surface area (Å²) in [5, 5.41) is 12.8. The summed E-state index contributed by atoms with van der Waals surface area (Å²) in [7, 11) is 0. The smallest absolute Gasteiger partial charge is 0.306 e. The van der Waals surface area contributed by atoms with Gasteiger partial charge in [-0.05, 0) is 56.8 Å². The van der Waals surface area contributed by atoms with Crippen LogP contribution < -0.4 is 5.32 Å². The molecule has 0 spiro atoms. The third-order valence-electron chi connectivity index (χ3n) is 5.26. The summed E-state index contributed by atoms with van der Waals surface area (Å²) >= 11 is 0. The number of aliphatic carboxylic acids is 1. The number of hydrogen-bond donors (Lipinski definition) is 2. The largest absolute Gasteiger partial charge is 0.481 e. The number of nitrogens with one attached hydrogen (secondary N) is 1. The van der Waals surface area contributed by atoms with Gasteiger partial charge in [-0.15, -0.1) is 0 Å². The van der Waals surface area contributed by atoms with Crippen LogP contribution in [0.25, 0.3) is 0 Å². The Hall–Kier alpha value is -0.570. The normalized spacial score (nSPS) is 45.1. The van der Waals surface area contributed by atoms with Crippen molar-refractivity contribution in [2.45, 2.75) is 63.5 Å². The minimum absolute atomic E-state index is 0.0759. The molecule has 3 heteroatoms. The molecule has 17 heavy (non-hydrogen) atoms. The summed E-state index contributed by atoms with van der Waals surface area (Å²) in [6.07, 6.45) is 9.56. The van der Waals surface area contributed by atoms with Crippen LogP contribution in [0.3, 0.4) is 0 Å². The van der Waals surface area contributed by atoms with Gasteiger partial charge in [0.1, 0.15) is 0 Å². The van der Waals surface area contributed by atoms with E-state index < -0.39 is 5.97 Å². The van der Waals surface area contributed by atoms with Crippen LogP contribution >= 0.6 is 0 Å². The summed E-state index contributed by atoms with van der Waals surface area (Å²) in [6.45, 7) is 0. The van der Waals surface area contributed by atoms with Gasteiger partial charge < -0.3 is 10.4 Å². The van der Waals surface area contributed by atoms with Crippen LogP contribution in [0.2, 0.25) is 0 Å². The molecule has 0 amide bonds. The summed E-state index contributed by atoms with van der Waals surface area (Å²) in [5.41, 5.74) is 0. The Kier molecular flexibility index (Phi) is 3.12. The Morgan fingerprint density at radius 1 is 1.00 bits per heavy atom. The summed E-state index contributed by atoms with van der Waals surface area (Å²) in [6, 6.07) is 1.34. The molecule has 0 aromatic rings. The lowest BCUT2D eigenvalue weighted by molar-refractivity contribution is -0.142. The van der Waals surface area contributed by atoms with Crippen LogP contribution in [0.4, 0.5) is 0 Å². The molecular weight excluding hydrogens is 214 g/mol. The maximum atomic E-state index is 10.9. The lowest BCUT2D eigenvalue weighted by Gasteiger charge is -2.32. The highest BCUT2D eigenvalue weighted by Crippen LogP contribution is 2.45. The molecule has 2 N–H and O–H groups in total. The van der Waals surface area contributed by atoms with Gasteiger partial charge in [-0.2, -0.15) is 0 Å². The fourth-order valence-electron chi connectivity index (χ4n) is 4.26. The van der Waals surface area contributed by atoms with Crippen molar-refractivity contribution >= 4 is 5.97 Å². The predicted octanol–water partition coefficient (Wildman–Crippen LogP) is 2.41. The fourth-order valence-corrected chi connectivity index (χ4v) is 4.26. The minimum Gasteiger partial charge on any atom is -0.481 e. The molecule has 3 aliphatic carbocycles. The molecule has 3 fully saturated rings. The molecule has 2 bridgehead atoms. The lowest BCUT2D eigenvalue weighted by atomic mass is 9.85. The molecule has 96 valence electrons. The fraction of sp³-hybridized carbons (Fsp3) is 0.929. The van der Waals surface area contributed by atoms with E-state index in [9.17, 15) is 4.79 Å². The van der Waals surface area contributed by atoms with Crippen molar-refractivity contribution < 1.29 is 9.90 Å². The van der Waals surface area contributed by atoms with E-state index in [4.69, 9.17) is 5.11 Å². The van der Waals surface area contributed by atoms with Crippen LogP contribution in [0.1, 0.15) is 51.4 Å². The van der Waals surface area contributed by atoms with Gasteiger partial charge in [-0.1, -0.05) is 6.42 Å². The van der Waals surface area contributed by atoms with Crippen molar-refractivity contribution in [2.24, 2.45) is 17.8 Å². The van der Waals surface area contributed by atoms with E-state index in [0.717, 1.165) is 43.6 Å². The molecule has 3 unspecified atom stereocenters. The SMILES string of the molecule is O=C(O)C1CCC(NC2CC3CCC2C3)CC1. The Labute approximate surface area is 103 Å². The average Bonchev–Trinajstić information content (AvgIpc) is 2.91. The molecular formula is C14H23NO2. The number of carbonyl (C=O) groups is 1. The second-order valence-electron chi connectivity index (χ2n) is 6.33. The van der Waals surface area contributed by atoms with Gasteiger partial charge in [-0.3, -0.25) is 4.79 Å². The standard InChI is InChI=1S/C14H23NO2/c16-14(17)10-3-5-12(6-4-10)15-13-8-9-1-2-11(13)7-9/h9-13,15H,1-8H2,(H,16,17). The predicted molar refractivity (Wildman–Crippen MR) is 65.8 cm³/mol. The molecule has 0 aliphatic heterocycles. The highest BCUT2D eigenvalue weighted by atomic mass is 16.4. The molecule has 3 saturated carbocycles. The molecule has 0 aromatic carbocycles. The van der Waals surface area contributed by atoms with Gasteiger partial charge >= 0.3 is 5.97 Å². The van der Waals surface area contributed by atoms with Gasteiger partial charge in [0.05, 0.1) is 5.92 Å². The minimum atomic E-state index is -0.594. The number of fused-ring (bicyclic) bond motifs is 2. The highest BCUT2D eigenvalue weighted by molar-refractivity contribution is 5.70. The van der Waals surface area contributed by atoms with E-state index in [1.165, 1.54) is 25.7 Å². The molecule has 0 heterocycles. The second-order valence-corrected chi connectivity index (χ2v) is 6.33. The first-order chi connectivity index (χ1) is 8.22. The number of rotatable bonds is 3. The first-order valence-corrected chi connectivity index (χ1v) is 7.21. The highest BCUT2D eigenvalue weighted by Gasteiger charge is 2.40. The number of hydrogen-bond acceptors (Lipinski definition) is 2. The van der Waals surface area contributed by atoms with E-state index >= 15 is 0 Å². The first-order valence-electron chi connectivity index (χ1n) is 7.21. The lowest BCUT2D eigenvalue weighted by Crippen LogP contribution is -2.43. The van der Waals surface area contributed by atoms with Crippen molar-refractivity contribution in [2.75, 3.05) is 0 Å². The van der Waals surface area contributed by atoms with Gasteiger partial charge in [-0.25, -0.2) is 0 Å². The molecule has 3 aliphatic rings. The zero-order valence-corrected chi connectivity index (χ0v) is 10.4. The summed E-state index contributed by atoms with van der Waals surface area (Å²) in [4.78, 5) is 10.9. The van der Waals surface area contributed by atoms with Gasteiger partial charge in [0.25, 0.3) is 0 Å². The van der Waals surface area contributed by atoms with Crippen LogP contribution in [0, 0.1) is 17.8 Å². The van der Waals surface area contributed by atoms with Crippen molar-refractivity contribution in [3.05, 3.63) is 0 Å². The molecule has 3 atom stereocenters. The van der Waals surface area contributed by atoms with Gasteiger partial charge in [0, 0.05) is 12.1 Å². The van der Waals surface area contributed by atoms with Crippen LogP contribution in [-0.2, 0) is 4.79 Å². The monoisotopic (exact) mass is 237 g/mol. The van der Waals surface area contributed by atoms with Crippen LogP contribution in [0.15, 0.2) is 0 Å². The molecule has 0 saturated heterocycles. The third kappa shape index (κ3) is 2.35. The molecule has 0 radical (unpaired) electrons. The van der Waals surface area contributed by atoms with Gasteiger partial charge in [0.15, 0.2) is 0 Å². The molecule has 0 aromatic heterocycles. The molecule has 3 nitrogen and oxygen atoms in total. The Morgan fingerprint density at radius 3 is 2.29 bits per heavy atom. The maximum Gasteiger partial charge on any atom is 0.306 e. The Morgan fingerprint density at radius 2 is 1.76 bits per heavy atom. The van der Waals surface area contributed by atoms with Crippen molar-refractivity contribution in [3.8, 4) is 0 Å². The first kappa shape index (κ1) is 11.5. The van der Waals surface area contributed by atoms with E-state index in [1.807, 2.05) is 0 Å². The summed E-state index contributed by atoms with van der Waals surface area (Å²) in [5.74, 6) is 1.25. The van der Waals surface area contributed by atoms with Crippen molar-refractivity contribution in [1.29, 1.82) is 0 Å². The molecule has 3 rings (SSSR count).